The number of hydrogen-bond acceptors (Lipinski definition) is 2. The minimum Gasteiger partial charge on any atom is -0.300 e. The lowest BCUT2D eigenvalue weighted by Gasteiger charge is -2.25. The smallest absolute Gasteiger partial charge is 0.134 e. The predicted octanol–water partition coefficient (Wildman–Crippen LogP) is 3.09. The fourth-order valence-electron chi connectivity index (χ4n) is 2.35. The van der Waals surface area contributed by atoms with Gasteiger partial charge in [-0.2, -0.15) is 5.10 Å². The van der Waals surface area contributed by atoms with E-state index >= 15 is 0 Å². The Balaban J connectivity index is 2.97. The van der Waals surface area contributed by atoms with Crippen molar-refractivity contribution >= 4 is 13.9 Å². The highest BCUT2D eigenvalue weighted by atomic mass is 28.3. The molecule has 96 valence electrons. The van der Waals surface area contributed by atoms with Crippen LogP contribution in [0.15, 0.2) is 12.4 Å². The molecule has 1 heterocycles. The number of carbonyl (C=O) groups is 1. The summed E-state index contributed by atoms with van der Waals surface area (Å²) >= 11 is 0. The average molecular weight is 252 g/mol. The van der Waals surface area contributed by atoms with E-state index in [1.165, 1.54) is 0 Å². The van der Waals surface area contributed by atoms with Crippen LogP contribution < -0.4 is 0 Å². The molecule has 3 nitrogen and oxygen atoms in total. The fraction of sp³-hybridized carbons (Fsp3) is 0.692. The Morgan fingerprint density at radius 1 is 1.41 bits per heavy atom. The van der Waals surface area contributed by atoms with Crippen LogP contribution in [0.4, 0.5) is 0 Å². The van der Waals surface area contributed by atoms with E-state index in [1.807, 2.05) is 17.1 Å². The molecule has 1 aromatic rings. The molecule has 1 aromatic heterocycles. The Labute approximate surface area is 105 Å². The molecule has 17 heavy (non-hydrogen) atoms. The Morgan fingerprint density at radius 2 is 2.00 bits per heavy atom. The molecule has 0 radical (unpaired) electrons. The summed E-state index contributed by atoms with van der Waals surface area (Å²) in [7, 11) is -1.52. The van der Waals surface area contributed by atoms with Crippen molar-refractivity contribution in [1.29, 1.82) is 0 Å². The second-order valence-electron chi connectivity index (χ2n) is 6.30. The van der Waals surface area contributed by atoms with Crippen LogP contribution in [-0.2, 0) is 11.3 Å². The molecule has 0 saturated heterocycles. The van der Waals surface area contributed by atoms with Crippen LogP contribution >= 0.6 is 0 Å². The molecule has 0 amide bonds. The van der Waals surface area contributed by atoms with Crippen LogP contribution in [0.5, 0.6) is 0 Å². The van der Waals surface area contributed by atoms with Crippen molar-refractivity contribution in [2.75, 3.05) is 0 Å². The van der Waals surface area contributed by atoms with E-state index in [4.69, 9.17) is 0 Å². The van der Waals surface area contributed by atoms with Crippen LogP contribution in [0, 0.1) is 5.92 Å². The summed E-state index contributed by atoms with van der Waals surface area (Å²) in [5, 5.41) is 4.36. The fourth-order valence-corrected chi connectivity index (χ4v) is 4.72. The molecule has 1 rings (SSSR count). The highest BCUT2D eigenvalue weighted by Gasteiger charge is 2.32. The predicted molar refractivity (Wildman–Crippen MR) is 73.8 cm³/mol. The van der Waals surface area contributed by atoms with Gasteiger partial charge in [-0.05, 0) is 18.4 Å². The van der Waals surface area contributed by atoms with E-state index in [2.05, 4.69) is 38.6 Å². The van der Waals surface area contributed by atoms with Gasteiger partial charge in [-0.1, -0.05) is 33.5 Å². The zero-order valence-corrected chi connectivity index (χ0v) is 12.8. The Kier molecular flexibility index (Phi) is 4.30. The van der Waals surface area contributed by atoms with Gasteiger partial charge in [0.2, 0.25) is 0 Å². The molecule has 0 aliphatic carbocycles. The first-order valence-corrected chi connectivity index (χ1v) is 9.82. The van der Waals surface area contributed by atoms with Crippen molar-refractivity contribution in [2.24, 2.45) is 5.92 Å². The standard InChI is InChI=1S/C13H24N2OSi/c1-10(2)8-15-9-12(7-14-15)13(11(3)16)17(4,5)6/h7,9-10,13H,8H2,1-6H3. The normalized spacial score (nSPS) is 14.1. The number of rotatable bonds is 5. The quantitative estimate of drug-likeness (QED) is 0.755. The van der Waals surface area contributed by atoms with Crippen molar-refractivity contribution in [2.45, 2.75) is 52.5 Å². The molecule has 1 atom stereocenters. The van der Waals surface area contributed by atoms with Gasteiger partial charge in [0.05, 0.1) is 14.3 Å². The highest BCUT2D eigenvalue weighted by molar-refractivity contribution is 6.80. The average Bonchev–Trinajstić information content (AvgIpc) is 2.47. The van der Waals surface area contributed by atoms with Gasteiger partial charge in [0.1, 0.15) is 5.78 Å². The molecular formula is C13H24N2OSi. The van der Waals surface area contributed by atoms with Gasteiger partial charge < -0.3 is 0 Å². The molecule has 0 spiro atoms. The largest absolute Gasteiger partial charge is 0.300 e. The summed E-state index contributed by atoms with van der Waals surface area (Å²) in [4.78, 5) is 11.8. The third-order valence-electron chi connectivity index (χ3n) is 2.81. The first-order valence-electron chi connectivity index (χ1n) is 6.24. The maximum atomic E-state index is 11.8. The van der Waals surface area contributed by atoms with E-state index in [1.54, 1.807) is 6.92 Å². The minimum atomic E-state index is -1.52. The molecule has 0 saturated carbocycles. The maximum Gasteiger partial charge on any atom is 0.134 e. The summed E-state index contributed by atoms with van der Waals surface area (Å²) in [6.07, 6.45) is 3.91. The number of carbonyl (C=O) groups excluding carboxylic acids is 1. The Morgan fingerprint density at radius 3 is 2.41 bits per heavy atom. The van der Waals surface area contributed by atoms with Gasteiger partial charge >= 0.3 is 0 Å². The zero-order chi connectivity index (χ0) is 13.2. The van der Waals surface area contributed by atoms with E-state index in [9.17, 15) is 4.79 Å². The third kappa shape index (κ3) is 3.80. The zero-order valence-electron chi connectivity index (χ0n) is 11.8. The second-order valence-corrected chi connectivity index (χ2v) is 11.6. The maximum absolute atomic E-state index is 11.8. The summed E-state index contributed by atoms with van der Waals surface area (Å²) in [5.41, 5.74) is 1.17. The summed E-state index contributed by atoms with van der Waals surface area (Å²) in [6, 6.07) is 0. The molecule has 0 bridgehead atoms. The van der Waals surface area contributed by atoms with Crippen LogP contribution in [0.25, 0.3) is 0 Å². The molecule has 0 N–H and O–H groups in total. The Hall–Kier alpha value is -0.903. The minimum absolute atomic E-state index is 0.0726. The van der Waals surface area contributed by atoms with Gasteiger partial charge in [-0.25, -0.2) is 0 Å². The van der Waals surface area contributed by atoms with E-state index < -0.39 is 8.07 Å². The van der Waals surface area contributed by atoms with Crippen molar-refractivity contribution < 1.29 is 4.79 Å². The number of nitrogens with zero attached hydrogens (tertiary/aromatic N) is 2. The Bertz CT molecular complexity index is 390. The van der Waals surface area contributed by atoms with Gasteiger partial charge in [0.25, 0.3) is 0 Å². The van der Waals surface area contributed by atoms with Crippen molar-refractivity contribution in [3.63, 3.8) is 0 Å². The first kappa shape index (κ1) is 14.2. The van der Waals surface area contributed by atoms with Crippen LogP contribution in [0.3, 0.4) is 0 Å². The van der Waals surface area contributed by atoms with Crippen LogP contribution in [0.2, 0.25) is 19.6 Å². The molecule has 0 fully saturated rings. The molecule has 1 unspecified atom stereocenters. The lowest BCUT2D eigenvalue weighted by atomic mass is 10.2. The molecule has 0 aromatic carbocycles. The lowest BCUT2D eigenvalue weighted by molar-refractivity contribution is -0.116. The van der Waals surface area contributed by atoms with Crippen molar-refractivity contribution in [3.8, 4) is 0 Å². The van der Waals surface area contributed by atoms with Gasteiger partial charge in [0.15, 0.2) is 0 Å². The van der Waals surface area contributed by atoms with E-state index in [-0.39, 0.29) is 11.3 Å². The van der Waals surface area contributed by atoms with Crippen molar-refractivity contribution in [1.82, 2.24) is 9.78 Å². The number of hydrogen-bond donors (Lipinski definition) is 0. The van der Waals surface area contributed by atoms with E-state index in [0.29, 0.717) is 5.92 Å². The molecular weight excluding hydrogens is 228 g/mol. The monoisotopic (exact) mass is 252 g/mol. The number of Topliss-reactive ketones (excluding diaryl/α,β-unsaturated/α-hetero) is 1. The molecule has 4 heteroatoms. The third-order valence-corrected chi connectivity index (χ3v) is 5.28. The van der Waals surface area contributed by atoms with Gasteiger partial charge in [-0.3, -0.25) is 9.48 Å². The van der Waals surface area contributed by atoms with Crippen LogP contribution in [0.1, 0.15) is 31.9 Å². The molecule has 0 aliphatic rings. The summed E-state index contributed by atoms with van der Waals surface area (Å²) in [5.74, 6) is 0.846. The van der Waals surface area contributed by atoms with E-state index in [0.717, 1.165) is 12.1 Å². The SMILES string of the molecule is CC(=O)C(c1cnn(CC(C)C)c1)[Si](C)(C)C. The summed E-state index contributed by atoms with van der Waals surface area (Å²) < 4.78 is 1.95. The first-order chi connectivity index (χ1) is 7.71. The van der Waals surface area contributed by atoms with Crippen molar-refractivity contribution in [3.05, 3.63) is 18.0 Å². The number of ketones is 1. The van der Waals surface area contributed by atoms with Gasteiger partial charge in [-0.15, -0.1) is 0 Å². The second kappa shape index (κ2) is 5.17. The number of aromatic nitrogens is 2. The van der Waals surface area contributed by atoms with Gasteiger partial charge in [0, 0.05) is 18.3 Å². The highest BCUT2D eigenvalue weighted by Crippen LogP contribution is 2.27. The lowest BCUT2D eigenvalue weighted by Crippen LogP contribution is -2.35. The summed E-state index contributed by atoms with van der Waals surface area (Å²) in [6.45, 7) is 13.7. The van der Waals surface area contributed by atoms with Crippen LogP contribution in [-0.4, -0.2) is 23.6 Å². The topological polar surface area (TPSA) is 34.9 Å². The molecule has 0 aliphatic heterocycles.